The molecule has 13 heteroatoms. The van der Waals surface area contributed by atoms with Gasteiger partial charge in [0.2, 0.25) is 0 Å². The molecule has 0 saturated carbocycles. The van der Waals surface area contributed by atoms with E-state index in [0.717, 1.165) is 33.6 Å². The molecular weight excluding hydrogens is 403 g/mol. The zero-order valence-corrected chi connectivity index (χ0v) is 14.9. The monoisotopic (exact) mass is 415 g/mol. The molecule has 0 amide bonds. The van der Waals surface area contributed by atoms with Crippen molar-refractivity contribution in [3.8, 4) is 11.4 Å². The number of ether oxygens (including phenoxy) is 1. The van der Waals surface area contributed by atoms with Gasteiger partial charge < -0.3 is 4.74 Å². The third-order valence-corrected chi connectivity index (χ3v) is 4.85. The summed E-state index contributed by atoms with van der Waals surface area (Å²) in [5.74, 6) is -0.537. The molecule has 0 saturated heterocycles. The van der Waals surface area contributed by atoms with E-state index in [4.69, 9.17) is 0 Å². The summed E-state index contributed by atoms with van der Waals surface area (Å²) in [6.07, 6.45) is -4.87. The summed E-state index contributed by atoms with van der Waals surface area (Å²) in [6, 6.07) is 9.46. The van der Waals surface area contributed by atoms with E-state index in [9.17, 15) is 26.4 Å². The van der Waals surface area contributed by atoms with Crippen LogP contribution in [0.15, 0.2) is 58.2 Å². The van der Waals surface area contributed by atoms with Crippen molar-refractivity contribution in [3.63, 3.8) is 0 Å². The topological polar surface area (TPSA) is 108 Å². The van der Waals surface area contributed by atoms with Crippen LogP contribution < -0.4 is 15.1 Å². The van der Waals surface area contributed by atoms with Crippen LogP contribution in [0.4, 0.5) is 18.9 Å². The van der Waals surface area contributed by atoms with Crippen LogP contribution in [0.5, 0.6) is 5.75 Å². The normalized spacial score (nSPS) is 12.0. The van der Waals surface area contributed by atoms with Crippen molar-refractivity contribution in [1.82, 2.24) is 19.8 Å². The van der Waals surface area contributed by atoms with E-state index in [2.05, 4.69) is 19.9 Å². The maximum absolute atomic E-state index is 12.4. The second-order valence-electron chi connectivity index (χ2n) is 5.47. The number of aryl methyl sites for hydroxylation is 1. The first-order valence-electron chi connectivity index (χ1n) is 7.53. The number of halogens is 3. The van der Waals surface area contributed by atoms with Crippen molar-refractivity contribution in [2.24, 2.45) is 7.05 Å². The number of hydrogen-bond donors (Lipinski definition) is 1. The van der Waals surface area contributed by atoms with Crippen molar-refractivity contribution in [2.45, 2.75) is 11.3 Å². The molecule has 148 valence electrons. The van der Waals surface area contributed by atoms with Crippen molar-refractivity contribution in [2.75, 3.05) is 4.72 Å². The Labute approximate surface area is 156 Å². The van der Waals surface area contributed by atoms with Gasteiger partial charge in [0.25, 0.3) is 10.0 Å². The van der Waals surface area contributed by atoms with Gasteiger partial charge >= 0.3 is 12.1 Å². The van der Waals surface area contributed by atoms with Crippen molar-refractivity contribution in [1.29, 1.82) is 0 Å². The first kappa shape index (κ1) is 19.4. The molecule has 1 aromatic heterocycles. The second-order valence-corrected chi connectivity index (χ2v) is 7.15. The molecule has 0 radical (unpaired) electrons. The summed E-state index contributed by atoms with van der Waals surface area (Å²) >= 11 is 0. The highest BCUT2D eigenvalue weighted by molar-refractivity contribution is 7.92. The standard InChI is InChI=1S/C15H12F3N5O4S/c1-22-14(24)23(21-20-22)11-4-2-10(3-5-11)19-28(25,26)13-8-6-12(7-9-13)27-15(16,17)18/h2-9,19H,1H3. The van der Waals surface area contributed by atoms with E-state index in [1.807, 2.05) is 0 Å². The van der Waals surface area contributed by atoms with Crippen LogP contribution in [0.1, 0.15) is 0 Å². The predicted octanol–water partition coefficient (Wildman–Crippen LogP) is 1.67. The molecule has 9 nitrogen and oxygen atoms in total. The van der Waals surface area contributed by atoms with Gasteiger partial charge in [-0.3, -0.25) is 4.72 Å². The third kappa shape index (κ3) is 4.31. The lowest BCUT2D eigenvalue weighted by molar-refractivity contribution is -0.274. The van der Waals surface area contributed by atoms with Crippen LogP contribution in [0.2, 0.25) is 0 Å². The molecule has 0 aliphatic rings. The molecule has 1 heterocycles. The van der Waals surface area contributed by atoms with Crippen LogP contribution in [-0.4, -0.2) is 34.6 Å². The minimum absolute atomic E-state index is 0.177. The van der Waals surface area contributed by atoms with Crippen molar-refractivity contribution < 1.29 is 26.3 Å². The zero-order valence-electron chi connectivity index (χ0n) is 14.1. The van der Waals surface area contributed by atoms with Gasteiger partial charge in [0.1, 0.15) is 5.75 Å². The Morgan fingerprint density at radius 2 is 1.61 bits per heavy atom. The number of alkyl halides is 3. The lowest BCUT2D eigenvalue weighted by Crippen LogP contribution is -2.21. The van der Waals surface area contributed by atoms with Crippen LogP contribution in [0.25, 0.3) is 5.69 Å². The quantitative estimate of drug-likeness (QED) is 0.679. The summed E-state index contributed by atoms with van der Waals surface area (Å²) < 4.78 is 69.2. The predicted molar refractivity (Wildman–Crippen MR) is 90.5 cm³/mol. The summed E-state index contributed by atoms with van der Waals surface area (Å²) in [6.45, 7) is 0. The molecule has 28 heavy (non-hydrogen) atoms. The average molecular weight is 415 g/mol. The van der Waals surface area contributed by atoms with Gasteiger partial charge in [0.05, 0.1) is 10.6 Å². The Bertz CT molecular complexity index is 1140. The first-order chi connectivity index (χ1) is 13.0. The summed E-state index contributed by atoms with van der Waals surface area (Å²) in [4.78, 5) is 11.5. The largest absolute Gasteiger partial charge is 0.573 e. The fourth-order valence-electron chi connectivity index (χ4n) is 2.18. The average Bonchev–Trinajstić information content (AvgIpc) is 2.94. The second kappa shape index (κ2) is 6.99. The number of nitrogens with one attached hydrogen (secondary N) is 1. The van der Waals surface area contributed by atoms with Gasteiger partial charge in [-0.15, -0.1) is 13.2 Å². The lowest BCUT2D eigenvalue weighted by Gasteiger charge is -2.11. The van der Waals surface area contributed by atoms with Gasteiger partial charge in [-0.25, -0.2) is 13.2 Å². The van der Waals surface area contributed by atoms with Gasteiger partial charge in [-0.05, 0) is 59.0 Å². The molecule has 3 rings (SSSR count). The first-order valence-corrected chi connectivity index (χ1v) is 9.01. The fourth-order valence-corrected chi connectivity index (χ4v) is 3.24. The summed E-state index contributed by atoms with van der Waals surface area (Å²) in [5.41, 5.74) is 0.0699. The molecule has 0 aliphatic heterocycles. The highest BCUT2D eigenvalue weighted by Crippen LogP contribution is 2.25. The molecule has 0 bridgehead atoms. The Kier molecular flexibility index (Phi) is 4.85. The summed E-state index contributed by atoms with van der Waals surface area (Å²) in [5, 5.41) is 7.23. The van der Waals surface area contributed by atoms with Crippen LogP contribution in [0.3, 0.4) is 0 Å². The van der Waals surface area contributed by atoms with Gasteiger partial charge in [0.15, 0.2) is 0 Å². The smallest absolute Gasteiger partial charge is 0.406 e. The molecule has 1 N–H and O–H groups in total. The molecule has 0 fully saturated rings. The number of benzene rings is 2. The SMILES string of the molecule is Cn1nnn(-c2ccc(NS(=O)(=O)c3ccc(OC(F)(F)F)cc3)cc2)c1=O. The van der Waals surface area contributed by atoms with E-state index in [-0.39, 0.29) is 10.6 Å². The lowest BCUT2D eigenvalue weighted by atomic mass is 10.3. The van der Waals surface area contributed by atoms with Crippen molar-refractivity contribution >= 4 is 15.7 Å². The van der Waals surface area contributed by atoms with E-state index in [1.54, 1.807) is 0 Å². The van der Waals surface area contributed by atoms with Crippen molar-refractivity contribution in [3.05, 3.63) is 59.0 Å². The molecule has 0 atom stereocenters. The van der Waals surface area contributed by atoms with Crippen LogP contribution in [0, 0.1) is 0 Å². The number of hydrogen-bond acceptors (Lipinski definition) is 6. The molecule has 0 aliphatic carbocycles. The Balaban J connectivity index is 1.77. The highest BCUT2D eigenvalue weighted by Gasteiger charge is 2.31. The highest BCUT2D eigenvalue weighted by atomic mass is 32.2. The number of tetrazole rings is 1. The van der Waals surface area contributed by atoms with E-state index in [1.165, 1.54) is 31.3 Å². The molecule has 0 unspecified atom stereocenters. The van der Waals surface area contributed by atoms with Crippen LogP contribution >= 0.6 is 0 Å². The third-order valence-electron chi connectivity index (χ3n) is 3.45. The van der Waals surface area contributed by atoms with Crippen LogP contribution in [-0.2, 0) is 17.1 Å². The number of anilines is 1. The number of sulfonamides is 1. The number of nitrogens with zero attached hydrogens (tertiary/aromatic N) is 4. The Morgan fingerprint density at radius 1 is 1.00 bits per heavy atom. The Morgan fingerprint density at radius 3 is 2.11 bits per heavy atom. The maximum Gasteiger partial charge on any atom is 0.573 e. The minimum Gasteiger partial charge on any atom is -0.406 e. The maximum atomic E-state index is 12.4. The fraction of sp³-hybridized carbons (Fsp3) is 0.133. The zero-order chi connectivity index (χ0) is 20.5. The van der Waals surface area contributed by atoms with Gasteiger partial charge in [0, 0.05) is 12.7 Å². The van der Waals surface area contributed by atoms with Gasteiger partial charge in [-0.2, -0.15) is 9.36 Å². The molecule has 2 aromatic carbocycles. The van der Waals surface area contributed by atoms with E-state index < -0.39 is 27.8 Å². The molecule has 0 spiro atoms. The minimum atomic E-state index is -4.87. The van der Waals surface area contributed by atoms with E-state index >= 15 is 0 Å². The number of rotatable bonds is 5. The van der Waals surface area contributed by atoms with Gasteiger partial charge in [-0.1, -0.05) is 0 Å². The Hall–Kier alpha value is -3.35. The van der Waals surface area contributed by atoms with E-state index in [0.29, 0.717) is 5.69 Å². The molecule has 3 aromatic rings. The molecular formula is C15H12F3N5O4S. The summed E-state index contributed by atoms with van der Waals surface area (Å²) in [7, 11) is -2.61. The number of aromatic nitrogens is 4.